The molecule has 2 aromatic carbocycles. The van der Waals surface area contributed by atoms with Crippen LogP contribution in [-0.4, -0.2) is 133 Å². The van der Waals surface area contributed by atoms with Crippen LogP contribution in [0.2, 0.25) is 0 Å². The number of ether oxygens (including phenoxy) is 2. The van der Waals surface area contributed by atoms with Crippen LogP contribution in [0, 0.1) is 18.3 Å². The minimum absolute atomic E-state index is 0.0398. The van der Waals surface area contributed by atoms with Crippen molar-refractivity contribution in [2.24, 2.45) is 7.05 Å². The molecule has 7 rings (SSSR count). The number of benzene rings is 2. The highest BCUT2D eigenvalue weighted by Crippen LogP contribution is 2.29. The zero-order valence-electron chi connectivity index (χ0n) is 40.5. The third kappa shape index (κ3) is 15.0. The molecule has 0 saturated carbocycles. The Morgan fingerprint density at radius 3 is 1.66 bits per heavy atom. The largest absolute Gasteiger partial charge is 0.489 e. The van der Waals surface area contributed by atoms with Crippen molar-refractivity contribution < 1.29 is 44.0 Å². The smallest absolute Gasteiger partial charge is 0.356 e. The van der Waals surface area contributed by atoms with E-state index in [0.29, 0.717) is 57.5 Å². The highest BCUT2D eigenvalue weighted by atomic mass is 16.5. The van der Waals surface area contributed by atoms with Crippen molar-refractivity contribution in [1.82, 2.24) is 44.2 Å². The first-order chi connectivity index (χ1) is 33.4. The summed E-state index contributed by atoms with van der Waals surface area (Å²) in [5, 5.41) is 35.8. The minimum atomic E-state index is -0.495. The third-order valence-electron chi connectivity index (χ3n) is 9.82. The molecule has 19 nitrogen and oxygen atoms in total. The number of carbonyl (C=O) groups excluding carboxylic acids is 4. The summed E-state index contributed by atoms with van der Waals surface area (Å²) in [4.78, 5) is 70.9. The number of fused-ring (bicyclic) bond motifs is 1. The number of aliphatic hydroxyl groups is 3. The van der Waals surface area contributed by atoms with Crippen LogP contribution < -0.4 is 4.74 Å². The number of esters is 1. The standard InChI is InChI=1S/C25H23N5O2.2C9H12N2O2.C8H9NO3/c1-16-10-18(20-12-22-24(21(13-26)28-20)27-15-30(22)4)8-9-23(16)32-14-17-6-5-7-19(11-17)25(31)29(2)3;2*1-11(2)9(13)8-5-3-4-7(6-12)10-8;1-12-8(11)7-4-2-3-6(5-10)9-7/h5-12,15H,14H2,1-4H3;2*3-5,12H,6H2,1-2H3;2-4,10H,5H2,1H3. The molecular formula is C51H56N10O9. The topological polar surface area (TPSA) is 250 Å². The fraction of sp³-hybridized carbons (Fsp3) is 0.255. The number of imidazole rings is 1. The van der Waals surface area contributed by atoms with Crippen LogP contribution in [0.1, 0.15) is 75.7 Å². The lowest BCUT2D eigenvalue weighted by Crippen LogP contribution is -2.23. The highest BCUT2D eigenvalue weighted by molar-refractivity contribution is 5.94. The molecule has 7 aromatic rings. The molecule has 364 valence electrons. The van der Waals surface area contributed by atoms with E-state index in [0.717, 1.165) is 28.0 Å². The van der Waals surface area contributed by atoms with Gasteiger partial charge in [0.25, 0.3) is 17.7 Å². The predicted molar refractivity (Wildman–Crippen MR) is 260 cm³/mol. The van der Waals surface area contributed by atoms with Gasteiger partial charge in [-0.05, 0) is 90.8 Å². The maximum atomic E-state index is 12.2. The predicted octanol–water partition coefficient (Wildman–Crippen LogP) is 5.01. The number of aryl methyl sites for hydroxylation is 2. The Balaban J connectivity index is 0.000000231. The number of nitrogens with zero attached hydrogens (tertiary/aromatic N) is 10. The first-order valence-corrected chi connectivity index (χ1v) is 21.4. The molecule has 5 heterocycles. The molecule has 0 aliphatic heterocycles. The van der Waals surface area contributed by atoms with Crippen LogP contribution in [0.15, 0.2) is 109 Å². The summed E-state index contributed by atoms with van der Waals surface area (Å²) in [5.74, 6) is -0.0990. The zero-order chi connectivity index (χ0) is 51.5. The molecule has 70 heavy (non-hydrogen) atoms. The summed E-state index contributed by atoms with van der Waals surface area (Å²) in [6, 6.07) is 32.2. The van der Waals surface area contributed by atoms with Crippen LogP contribution in [0.25, 0.3) is 22.3 Å². The molecule has 0 spiro atoms. The SMILES string of the molecule is CN(C)C(=O)c1cccc(CO)n1.CN(C)C(=O)c1cccc(CO)n1.COC(=O)c1cccc(CO)n1.Cc1cc(-c2cc3c(ncn3C)c(C#N)n2)ccc1OCc1cccc(C(=O)N(C)C)c1. The van der Waals surface area contributed by atoms with Gasteiger partial charge >= 0.3 is 5.97 Å². The Morgan fingerprint density at radius 2 is 1.17 bits per heavy atom. The van der Waals surface area contributed by atoms with Crippen molar-refractivity contribution in [1.29, 1.82) is 5.26 Å². The Labute approximate surface area is 405 Å². The van der Waals surface area contributed by atoms with E-state index >= 15 is 0 Å². The number of nitriles is 1. The van der Waals surface area contributed by atoms with Crippen molar-refractivity contribution in [3.05, 3.63) is 166 Å². The summed E-state index contributed by atoms with van der Waals surface area (Å²) >= 11 is 0. The fourth-order valence-electron chi connectivity index (χ4n) is 6.16. The highest BCUT2D eigenvalue weighted by Gasteiger charge is 2.15. The number of hydrogen-bond donors (Lipinski definition) is 3. The van der Waals surface area contributed by atoms with Crippen LogP contribution in [0.4, 0.5) is 0 Å². The number of aliphatic hydroxyl groups excluding tert-OH is 3. The Morgan fingerprint density at radius 1 is 0.657 bits per heavy atom. The van der Waals surface area contributed by atoms with Gasteiger partial charge in [0.15, 0.2) is 5.69 Å². The fourth-order valence-corrected chi connectivity index (χ4v) is 6.16. The maximum Gasteiger partial charge on any atom is 0.356 e. The van der Waals surface area contributed by atoms with E-state index in [4.69, 9.17) is 20.1 Å². The lowest BCUT2D eigenvalue weighted by Gasteiger charge is -2.13. The van der Waals surface area contributed by atoms with E-state index in [1.54, 1.807) is 108 Å². The number of carbonyl (C=O) groups is 4. The summed E-state index contributed by atoms with van der Waals surface area (Å²) in [5.41, 5.74) is 8.28. The summed E-state index contributed by atoms with van der Waals surface area (Å²) in [6.45, 7) is 1.86. The van der Waals surface area contributed by atoms with E-state index in [2.05, 4.69) is 35.7 Å². The van der Waals surface area contributed by atoms with Crippen LogP contribution in [-0.2, 0) is 38.2 Å². The molecule has 0 bridgehead atoms. The molecule has 3 amide bonds. The second-order valence-electron chi connectivity index (χ2n) is 15.8. The Kier molecular flexibility index (Phi) is 20.3. The van der Waals surface area contributed by atoms with Crippen molar-refractivity contribution in [3.8, 4) is 23.1 Å². The third-order valence-corrected chi connectivity index (χ3v) is 9.82. The van der Waals surface area contributed by atoms with Gasteiger partial charge < -0.3 is 44.1 Å². The zero-order valence-corrected chi connectivity index (χ0v) is 40.5. The molecule has 0 aliphatic rings. The number of rotatable bonds is 11. The number of aromatic nitrogens is 6. The van der Waals surface area contributed by atoms with Gasteiger partial charge in [-0.3, -0.25) is 14.4 Å². The maximum absolute atomic E-state index is 12.2. The van der Waals surface area contributed by atoms with E-state index in [9.17, 15) is 24.4 Å². The molecule has 3 N–H and O–H groups in total. The Hall–Kier alpha value is -8.44. The van der Waals surface area contributed by atoms with Gasteiger partial charge in [-0.1, -0.05) is 30.3 Å². The molecular weight excluding hydrogens is 897 g/mol. The Bertz CT molecular complexity index is 2900. The van der Waals surface area contributed by atoms with Crippen molar-refractivity contribution in [2.45, 2.75) is 33.4 Å². The molecule has 0 unspecified atom stereocenters. The quantitative estimate of drug-likeness (QED) is 0.144. The van der Waals surface area contributed by atoms with Crippen LogP contribution >= 0.6 is 0 Å². The van der Waals surface area contributed by atoms with Gasteiger partial charge in [0.1, 0.15) is 41.0 Å². The first kappa shape index (κ1) is 54.2. The molecule has 0 aliphatic carbocycles. The van der Waals surface area contributed by atoms with E-state index in [-0.39, 0.29) is 43.2 Å². The number of pyridine rings is 4. The van der Waals surface area contributed by atoms with Crippen molar-refractivity contribution >= 4 is 34.7 Å². The van der Waals surface area contributed by atoms with Gasteiger partial charge in [-0.25, -0.2) is 29.7 Å². The van der Waals surface area contributed by atoms with Gasteiger partial charge in [0, 0.05) is 60.5 Å². The molecule has 0 radical (unpaired) electrons. The molecule has 19 heteroatoms. The average Bonchev–Trinajstić information content (AvgIpc) is 3.77. The lowest BCUT2D eigenvalue weighted by molar-refractivity contribution is 0.0592. The summed E-state index contributed by atoms with van der Waals surface area (Å²) < 4.78 is 12.3. The van der Waals surface area contributed by atoms with Crippen molar-refractivity contribution in [3.63, 3.8) is 0 Å². The van der Waals surface area contributed by atoms with Gasteiger partial charge in [0.05, 0.1) is 61.6 Å². The van der Waals surface area contributed by atoms with Gasteiger partial charge in [-0.2, -0.15) is 5.26 Å². The first-order valence-electron chi connectivity index (χ1n) is 21.4. The molecule has 0 atom stereocenters. The monoisotopic (exact) mass is 952 g/mol. The lowest BCUT2D eigenvalue weighted by atomic mass is 10.1. The van der Waals surface area contributed by atoms with Crippen LogP contribution in [0.5, 0.6) is 5.75 Å². The number of methoxy groups -OCH3 is 1. The van der Waals surface area contributed by atoms with E-state index in [1.165, 1.54) is 23.0 Å². The molecule has 5 aromatic heterocycles. The average molecular weight is 953 g/mol. The molecule has 0 fully saturated rings. The van der Waals surface area contributed by atoms with Gasteiger partial charge in [-0.15, -0.1) is 0 Å². The second-order valence-corrected chi connectivity index (χ2v) is 15.8. The number of hydrogen-bond acceptors (Lipinski definition) is 15. The van der Waals surface area contributed by atoms with E-state index in [1.807, 2.05) is 61.0 Å². The second kappa shape index (κ2) is 26.2. The van der Waals surface area contributed by atoms with Crippen molar-refractivity contribution in [2.75, 3.05) is 49.4 Å². The summed E-state index contributed by atoms with van der Waals surface area (Å²) in [7, 11) is 13.3. The van der Waals surface area contributed by atoms with Gasteiger partial charge in [0.2, 0.25) is 0 Å². The minimum Gasteiger partial charge on any atom is -0.489 e. The molecule has 0 saturated heterocycles. The normalized spacial score (nSPS) is 10.2. The van der Waals surface area contributed by atoms with Crippen LogP contribution in [0.3, 0.4) is 0 Å². The number of amides is 3. The van der Waals surface area contributed by atoms with E-state index < -0.39 is 5.97 Å². The summed E-state index contributed by atoms with van der Waals surface area (Å²) in [6.07, 6.45) is 1.68.